The lowest BCUT2D eigenvalue weighted by Gasteiger charge is -2.42. The molecule has 0 aliphatic carbocycles. The number of phenols is 1. The topological polar surface area (TPSA) is 97.9 Å². The quantitative estimate of drug-likeness (QED) is 0.383. The molecule has 9 heteroatoms. The van der Waals surface area contributed by atoms with E-state index in [0.717, 1.165) is 17.5 Å². The van der Waals surface area contributed by atoms with E-state index in [2.05, 4.69) is 10.3 Å². The third-order valence-electron chi connectivity index (χ3n) is 6.89. The molecule has 3 heterocycles. The zero-order chi connectivity index (χ0) is 24.2. The highest BCUT2D eigenvalue weighted by Gasteiger charge is 2.60. The fourth-order valence-corrected chi connectivity index (χ4v) is 5.28. The van der Waals surface area contributed by atoms with Gasteiger partial charge in [-0.1, -0.05) is 19.1 Å². The van der Waals surface area contributed by atoms with Gasteiger partial charge in [0.15, 0.2) is 11.6 Å². The van der Waals surface area contributed by atoms with Crippen LogP contribution in [0.3, 0.4) is 0 Å². The monoisotopic (exact) mass is 466 g/mol. The number of hydrogen-bond donors (Lipinski definition) is 3. The van der Waals surface area contributed by atoms with Crippen LogP contribution in [0, 0.1) is 5.82 Å². The van der Waals surface area contributed by atoms with Crippen LogP contribution in [0.4, 0.5) is 9.18 Å². The molecule has 0 bridgehead atoms. The number of rotatable bonds is 6. The van der Waals surface area contributed by atoms with Crippen LogP contribution >= 0.6 is 0 Å². The zero-order valence-corrected chi connectivity index (χ0v) is 19.3. The van der Waals surface area contributed by atoms with E-state index in [1.807, 2.05) is 13.0 Å². The Balaban J connectivity index is 1.71. The largest absolute Gasteiger partial charge is 0.508 e. The van der Waals surface area contributed by atoms with E-state index < -0.39 is 17.4 Å². The Morgan fingerprint density at radius 3 is 2.79 bits per heavy atom. The number of benzene rings is 2. The number of aromatic hydroxyl groups is 1. The number of carbonyl (C=O) groups is 2. The number of aromatic amines is 1. The van der Waals surface area contributed by atoms with Crippen molar-refractivity contribution in [1.82, 2.24) is 20.1 Å². The van der Waals surface area contributed by atoms with Crippen LogP contribution in [-0.2, 0) is 11.2 Å². The van der Waals surface area contributed by atoms with Gasteiger partial charge in [-0.25, -0.2) is 9.18 Å². The van der Waals surface area contributed by atoms with E-state index in [1.165, 1.54) is 18.1 Å². The number of methoxy groups -OCH3 is 1. The van der Waals surface area contributed by atoms with Gasteiger partial charge in [-0.15, -0.1) is 0 Å². The predicted octanol–water partition coefficient (Wildman–Crippen LogP) is 3.30. The molecule has 3 aromatic rings. The van der Waals surface area contributed by atoms with Crippen LogP contribution in [0.15, 0.2) is 36.4 Å². The van der Waals surface area contributed by atoms with Crippen LogP contribution in [0.1, 0.15) is 36.7 Å². The van der Waals surface area contributed by atoms with Gasteiger partial charge in [-0.2, -0.15) is 0 Å². The van der Waals surface area contributed by atoms with Crippen molar-refractivity contribution >= 4 is 22.8 Å². The number of aromatic nitrogens is 1. The number of likely N-dealkylation sites (N-methyl/N-ethyl adjacent to an activating group) is 1. The number of nitrogens with zero attached hydrogens (tertiary/aromatic N) is 2. The summed E-state index contributed by atoms with van der Waals surface area (Å²) in [6.07, 6.45) is 0.273. The van der Waals surface area contributed by atoms with E-state index in [4.69, 9.17) is 4.74 Å². The molecule has 8 nitrogen and oxygen atoms in total. The Hall–Kier alpha value is -3.59. The summed E-state index contributed by atoms with van der Waals surface area (Å²) >= 11 is 0. The smallest absolute Gasteiger partial charge is 0.328 e. The summed E-state index contributed by atoms with van der Waals surface area (Å²) in [6.45, 7) is 5.24. The number of phenolic OH excluding ortho intramolecular Hbond substituents is 1. The van der Waals surface area contributed by atoms with Gasteiger partial charge >= 0.3 is 6.03 Å². The molecule has 1 fully saturated rings. The highest BCUT2D eigenvalue weighted by molar-refractivity contribution is 6.08. The van der Waals surface area contributed by atoms with E-state index in [0.29, 0.717) is 23.3 Å². The standard InChI is InChI=1S/C25H27FN4O4/c1-4-27-8-9-29-23(32)25(2)13-17-16-11-20(34-3)18(26)12-19(16)28-21(17)22(30(25)24(29)33)14-6-5-7-15(31)10-14/h5-7,10-12,22,27-28,31H,4,8-9,13H2,1-3H3/t22-,25?/m1/s1. The first-order valence-corrected chi connectivity index (χ1v) is 11.3. The molecule has 0 radical (unpaired) electrons. The molecule has 34 heavy (non-hydrogen) atoms. The van der Waals surface area contributed by atoms with Gasteiger partial charge in [0.2, 0.25) is 0 Å². The molecule has 2 aliphatic heterocycles. The fraction of sp³-hybridized carbons (Fsp3) is 0.360. The lowest BCUT2D eigenvalue weighted by atomic mass is 9.81. The maximum absolute atomic E-state index is 14.5. The van der Waals surface area contributed by atoms with Crippen LogP contribution in [0.2, 0.25) is 0 Å². The van der Waals surface area contributed by atoms with E-state index in [9.17, 15) is 19.1 Å². The molecule has 178 valence electrons. The van der Waals surface area contributed by atoms with E-state index >= 15 is 0 Å². The summed E-state index contributed by atoms with van der Waals surface area (Å²) in [5.41, 5.74) is 1.60. The van der Waals surface area contributed by atoms with Crippen molar-refractivity contribution in [2.45, 2.75) is 31.8 Å². The number of ether oxygens (including phenoxy) is 1. The summed E-state index contributed by atoms with van der Waals surface area (Å²) in [6, 6.07) is 8.60. The Kier molecular flexibility index (Phi) is 5.24. The van der Waals surface area contributed by atoms with Crippen molar-refractivity contribution in [2.24, 2.45) is 0 Å². The number of amides is 3. The van der Waals surface area contributed by atoms with Gasteiger partial charge in [0, 0.05) is 42.2 Å². The van der Waals surface area contributed by atoms with Gasteiger partial charge in [-0.05, 0) is 42.8 Å². The van der Waals surface area contributed by atoms with Crippen LogP contribution in [0.25, 0.3) is 10.9 Å². The second kappa shape index (κ2) is 8.02. The van der Waals surface area contributed by atoms with Crippen molar-refractivity contribution in [3.05, 3.63) is 59.0 Å². The summed E-state index contributed by atoms with van der Waals surface area (Å²) < 4.78 is 19.7. The number of H-pyrrole nitrogens is 1. The zero-order valence-electron chi connectivity index (χ0n) is 19.3. The first-order chi connectivity index (χ1) is 16.3. The minimum Gasteiger partial charge on any atom is -0.508 e. The molecule has 2 aromatic carbocycles. The SMILES string of the molecule is CCNCCN1C(=O)N2[C@H](c3cccc(O)c3)c3[nH]c4cc(F)c(OC)cc4c3CC2(C)C1=O. The highest BCUT2D eigenvalue weighted by Crippen LogP contribution is 2.49. The highest BCUT2D eigenvalue weighted by atomic mass is 19.1. The number of urea groups is 1. The molecule has 3 amide bonds. The Morgan fingerprint density at radius 2 is 2.09 bits per heavy atom. The fourth-order valence-electron chi connectivity index (χ4n) is 5.28. The number of carbonyl (C=O) groups excluding carboxylic acids is 2. The molecule has 2 atom stereocenters. The van der Waals surface area contributed by atoms with Crippen LogP contribution in [-0.4, -0.2) is 64.1 Å². The normalized spacial score (nSPS) is 21.8. The number of fused-ring (bicyclic) bond motifs is 4. The van der Waals surface area contributed by atoms with Crippen LogP contribution in [0.5, 0.6) is 11.5 Å². The first-order valence-electron chi connectivity index (χ1n) is 11.3. The predicted molar refractivity (Wildman–Crippen MR) is 124 cm³/mol. The van der Waals surface area contributed by atoms with Crippen molar-refractivity contribution in [3.63, 3.8) is 0 Å². The lowest BCUT2D eigenvalue weighted by molar-refractivity contribution is -0.133. The lowest BCUT2D eigenvalue weighted by Crippen LogP contribution is -2.53. The van der Waals surface area contributed by atoms with Gasteiger partial charge in [0.1, 0.15) is 17.3 Å². The van der Waals surface area contributed by atoms with Crippen LogP contribution < -0.4 is 10.1 Å². The molecule has 3 N–H and O–H groups in total. The Morgan fingerprint density at radius 1 is 1.29 bits per heavy atom. The second-order valence-corrected chi connectivity index (χ2v) is 8.96. The maximum Gasteiger partial charge on any atom is 0.328 e. The number of halogens is 1. The van der Waals surface area contributed by atoms with Gasteiger partial charge in [-0.3, -0.25) is 14.6 Å². The van der Waals surface area contributed by atoms with Crippen molar-refractivity contribution in [1.29, 1.82) is 0 Å². The van der Waals surface area contributed by atoms with E-state index in [-0.39, 0.29) is 36.4 Å². The number of nitrogens with one attached hydrogen (secondary N) is 2. The summed E-state index contributed by atoms with van der Waals surface area (Å²) in [5, 5.41) is 14.1. The van der Waals surface area contributed by atoms with Gasteiger partial charge < -0.3 is 20.1 Å². The van der Waals surface area contributed by atoms with E-state index in [1.54, 1.807) is 36.1 Å². The molecule has 1 aromatic heterocycles. The minimum absolute atomic E-state index is 0.0529. The average molecular weight is 467 g/mol. The van der Waals surface area contributed by atoms with Crippen molar-refractivity contribution < 1.29 is 23.8 Å². The maximum atomic E-state index is 14.5. The summed E-state index contributed by atoms with van der Waals surface area (Å²) in [7, 11) is 1.41. The average Bonchev–Trinajstić information content (AvgIpc) is 3.24. The molecular formula is C25H27FN4O4. The van der Waals surface area contributed by atoms with Gasteiger partial charge in [0.25, 0.3) is 5.91 Å². The second-order valence-electron chi connectivity index (χ2n) is 8.96. The summed E-state index contributed by atoms with van der Waals surface area (Å²) in [5.74, 6) is -0.611. The van der Waals surface area contributed by atoms with Crippen molar-refractivity contribution in [2.75, 3.05) is 26.7 Å². The molecule has 0 saturated carbocycles. The molecule has 1 saturated heterocycles. The van der Waals surface area contributed by atoms with Gasteiger partial charge in [0.05, 0.1) is 7.11 Å². The molecule has 0 spiro atoms. The number of imide groups is 1. The molecule has 5 rings (SSSR count). The molecule has 2 aliphatic rings. The third-order valence-corrected chi connectivity index (χ3v) is 6.89. The molecule has 1 unspecified atom stereocenters. The summed E-state index contributed by atoms with van der Waals surface area (Å²) in [4.78, 5) is 33.5. The third kappa shape index (κ3) is 3.14. The van der Waals surface area contributed by atoms with Crippen molar-refractivity contribution in [3.8, 4) is 11.5 Å². The minimum atomic E-state index is -1.14. The Bertz CT molecular complexity index is 1310. The molecular weight excluding hydrogens is 439 g/mol. The number of hydrogen-bond acceptors (Lipinski definition) is 5. The Labute approximate surface area is 196 Å². The first kappa shape index (κ1) is 22.2.